The lowest BCUT2D eigenvalue weighted by atomic mass is 10.1. The van der Waals surface area contributed by atoms with Crippen molar-refractivity contribution < 1.29 is 0 Å². The van der Waals surface area contributed by atoms with Gasteiger partial charge in [0.25, 0.3) is 0 Å². The molecule has 1 aromatic heterocycles. The van der Waals surface area contributed by atoms with Crippen LogP contribution < -0.4 is 5.73 Å². The molecule has 2 rings (SSSR count). The van der Waals surface area contributed by atoms with Crippen molar-refractivity contribution in [3.8, 4) is 11.4 Å². The molecule has 0 aliphatic heterocycles. The SMILES string of the molecule is Cn1ccnc1-c1ccccc1CN. The molecule has 3 heteroatoms. The fraction of sp³-hybridized carbons (Fsp3) is 0.182. The first-order valence-corrected chi connectivity index (χ1v) is 4.58. The molecule has 72 valence electrons. The Labute approximate surface area is 83.2 Å². The van der Waals surface area contributed by atoms with E-state index in [1.807, 2.05) is 42.1 Å². The largest absolute Gasteiger partial charge is 0.334 e. The lowest BCUT2D eigenvalue weighted by Gasteiger charge is -2.06. The predicted molar refractivity (Wildman–Crippen MR) is 56.5 cm³/mol. The maximum Gasteiger partial charge on any atom is 0.139 e. The molecule has 3 nitrogen and oxygen atoms in total. The molecule has 2 N–H and O–H groups in total. The quantitative estimate of drug-likeness (QED) is 0.775. The van der Waals surface area contributed by atoms with Gasteiger partial charge in [-0.05, 0) is 5.56 Å². The molecule has 2 aromatic rings. The van der Waals surface area contributed by atoms with Gasteiger partial charge in [0.1, 0.15) is 5.82 Å². The third kappa shape index (κ3) is 1.42. The van der Waals surface area contributed by atoms with Gasteiger partial charge < -0.3 is 10.3 Å². The molecule has 14 heavy (non-hydrogen) atoms. The summed E-state index contributed by atoms with van der Waals surface area (Å²) in [7, 11) is 1.98. The molecular formula is C11H13N3. The van der Waals surface area contributed by atoms with Gasteiger partial charge in [-0.15, -0.1) is 0 Å². The predicted octanol–water partition coefficient (Wildman–Crippen LogP) is 1.55. The van der Waals surface area contributed by atoms with Gasteiger partial charge in [-0.25, -0.2) is 4.98 Å². The summed E-state index contributed by atoms with van der Waals surface area (Å²) in [6, 6.07) is 8.08. The van der Waals surface area contributed by atoms with Crippen LogP contribution in [0.2, 0.25) is 0 Å². The van der Waals surface area contributed by atoms with Gasteiger partial charge in [-0.1, -0.05) is 24.3 Å². The summed E-state index contributed by atoms with van der Waals surface area (Å²) in [5.41, 5.74) is 7.91. The topological polar surface area (TPSA) is 43.8 Å². The highest BCUT2D eigenvalue weighted by Gasteiger charge is 2.06. The van der Waals surface area contributed by atoms with Crippen LogP contribution in [-0.2, 0) is 13.6 Å². The summed E-state index contributed by atoms with van der Waals surface area (Å²) in [6.45, 7) is 0.545. The first-order chi connectivity index (χ1) is 6.83. The maximum atomic E-state index is 5.67. The molecule has 0 saturated carbocycles. The van der Waals surface area contributed by atoms with E-state index in [0.29, 0.717) is 6.54 Å². The molecule has 0 saturated heterocycles. The molecule has 0 bridgehead atoms. The summed E-state index contributed by atoms with van der Waals surface area (Å²) in [5.74, 6) is 0.964. The molecule has 0 amide bonds. The summed E-state index contributed by atoms with van der Waals surface area (Å²) < 4.78 is 1.99. The van der Waals surface area contributed by atoms with Gasteiger partial charge in [0, 0.05) is 31.5 Å². The molecule has 0 unspecified atom stereocenters. The number of rotatable bonds is 2. The van der Waals surface area contributed by atoms with Crippen LogP contribution in [0.4, 0.5) is 0 Å². The molecule has 1 heterocycles. The minimum atomic E-state index is 0.545. The number of nitrogens with two attached hydrogens (primary N) is 1. The molecule has 0 spiro atoms. The van der Waals surface area contributed by atoms with Crippen LogP contribution in [0.15, 0.2) is 36.7 Å². The van der Waals surface area contributed by atoms with Crippen LogP contribution in [0.3, 0.4) is 0 Å². The highest BCUT2D eigenvalue weighted by atomic mass is 15.0. The van der Waals surface area contributed by atoms with Gasteiger partial charge in [-0.3, -0.25) is 0 Å². The maximum absolute atomic E-state index is 5.67. The van der Waals surface area contributed by atoms with Crippen molar-refractivity contribution in [1.29, 1.82) is 0 Å². The Bertz CT molecular complexity index is 432. The van der Waals surface area contributed by atoms with Crippen molar-refractivity contribution in [2.75, 3.05) is 0 Å². The molecule has 0 aliphatic carbocycles. The molecule has 1 aromatic carbocycles. The van der Waals surface area contributed by atoms with Crippen LogP contribution in [0.25, 0.3) is 11.4 Å². The zero-order chi connectivity index (χ0) is 9.97. The van der Waals surface area contributed by atoms with Gasteiger partial charge in [0.2, 0.25) is 0 Å². The third-order valence-electron chi connectivity index (χ3n) is 2.30. The van der Waals surface area contributed by atoms with Crippen LogP contribution in [-0.4, -0.2) is 9.55 Å². The second-order valence-electron chi connectivity index (χ2n) is 3.22. The molecule has 0 radical (unpaired) electrons. The van der Waals surface area contributed by atoms with Crippen LogP contribution >= 0.6 is 0 Å². The van der Waals surface area contributed by atoms with Crippen LogP contribution in [0, 0.1) is 0 Å². The Morgan fingerprint density at radius 1 is 1.36 bits per heavy atom. The van der Waals surface area contributed by atoms with Gasteiger partial charge in [-0.2, -0.15) is 0 Å². The van der Waals surface area contributed by atoms with Crippen molar-refractivity contribution in [3.05, 3.63) is 42.2 Å². The van der Waals surface area contributed by atoms with Crippen LogP contribution in [0.1, 0.15) is 5.56 Å². The number of hydrogen-bond acceptors (Lipinski definition) is 2. The fourth-order valence-corrected chi connectivity index (χ4v) is 1.54. The van der Waals surface area contributed by atoms with E-state index in [9.17, 15) is 0 Å². The first kappa shape index (κ1) is 8.97. The monoisotopic (exact) mass is 187 g/mol. The molecule has 0 fully saturated rings. The Morgan fingerprint density at radius 2 is 2.14 bits per heavy atom. The standard InChI is InChI=1S/C11H13N3/c1-14-7-6-13-11(14)10-5-3-2-4-9(10)8-12/h2-7H,8,12H2,1H3. The smallest absolute Gasteiger partial charge is 0.139 e. The minimum absolute atomic E-state index is 0.545. The fourth-order valence-electron chi connectivity index (χ4n) is 1.54. The van der Waals surface area contributed by atoms with E-state index in [-0.39, 0.29) is 0 Å². The lowest BCUT2D eigenvalue weighted by molar-refractivity contribution is 0.919. The van der Waals surface area contributed by atoms with Crippen molar-refractivity contribution in [2.45, 2.75) is 6.54 Å². The number of aryl methyl sites for hydroxylation is 1. The third-order valence-corrected chi connectivity index (χ3v) is 2.30. The Hall–Kier alpha value is -1.61. The Morgan fingerprint density at radius 3 is 2.79 bits per heavy atom. The lowest BCUT2D eigenvalue weighted by Crippen LogP contribution is -2.01. The van der Waals surface area contributed by atoms with E-state index >= 15 is 0 Å². The Kier molecular flexibility index (Phi) is 2.33. The van der Waals surface area contributed by atoms with Crippen molar-refractivity contribution in [3.63, 3.8) is 0 Å². The van der Waals surface area contributed by atoms with Crippen LogP contribution in [0.5, 0.6) is 0 Å². The highest BCUT2D eigenvalue weighted by molar-refractivity contribution is 5.60. The summed E-state index contributed by atoms with van der Waals surface area (Å²) in [5, 5.41) is 0. The van der Waals surface area contributed by atoms with E-state index in [2.05, 4.69) is 4.98 Å². The Balaban J connectivity index is 2.56. The van der Waals surface area contributed by atoms with Crippen molar-refractivity contribution >= 4 is 0 Å². The number of nitrogens with zero attached hydrogens (tertiary/aromatic N) is 2. The van der Waals surface area contributed by atoms with Gasteiger partial charge >= 0.3 is 0 Å². The molecule has 0 atom stereocenters. The zero-order valence-electron chi connectivity index (χ0n) is 8.14. The minimum Gasteiger partial charge on any atom is -0.334 e. The number of hydrogen-bond donors (Lipinski definition) is 1. The van der Waals surface area contributed by atoms with Gasteiger partial charge in [0.15, 0.2) is 0 Å². The normalized spacial score (nSPS) is 10.4. The number of aromatic nitrogens is 2. The summed E-state index contributed by atoms with van der Waals surface area (Å²) in [4.78, 5) is 4.30. The molecule has 0 aliphatic rings. The highest BCUT2D eigenvalue weighted by Crippen LogP contribution is 2.20. The van der Waals surface area contributed by atoms with Crippen molar-refractivity contribution in [1.82, 2.24) is 9.55 Å². The van der Waals surface area contributed by atoms with E-state index in [1.54, 1.807) is 6.20 Å². The first-order valence-electron chi connectivity index (χ1n) is 4.58. The second-order valence-corrected chi connectivity index (χ2v) is 3.22. The summed E-state index contributed by atoms with van der Waals surface area (Å²) >= 11 is 0. The van der Waals surface area contributed by atoms with E-state index in [1.165, 1.54) is 0 Å². The molecular weight excluding hydrogens is 174 g/mol. The summed E-state index contributed by atoms with van der Waals surface area (Å²) in [6.07, 6.45) is 3.73. The zero-order valence-corrected chi connectivity index (χ0v) is 8.14. The average molecular weight is 187 g/mol. The number of imidazole rings is 1. The van der Waals surface area contributed by atoms with Gasteiger partial charge in [0.05, 0.1) is 0 Å². The van der Waals surface area contributed by atoms with Crippen molar-refractivity contribution in [2.24, 2.45) is 12.8 Å². The average Bonchev–Trinajstić information content (AvgIpc) is 2.64. The van der Waals surface area contributed by atoms with E-state index < -0.39 is 0 Å². The van der Waals surface area contributed by atoms with E-state index in [4.69, 9.17) is 5.73 Å². The second kappa shape index (κ2) is 3.64. The number of benzene rings is 1. The van der Waals surface area contributed by atoms with E-state index in [0.717, 1.165) is 17.0 Å².